The Morgan fingerprint density at radius 1 is 1.23 bits per heavy atom. The van der Waals surface area contributed by atoms with E-state index in [1.165, 1.54) is 11.0 Å². The number of halogens is 1. The predicted molar refractivity (Wildman–Crippen MR) is 138 cm³/mol. The van der Waals surface area contributed by atoms with E-state index in [0.717, 1.165) is 28.7 Å². The number of phenolic OH excluding ortho intramolecular Hbond substituents is 1. The third-order valence-electron chi connectivity index (χ3n) is 7.45. The van der Waals surface area contributed by atoms with Crippen LogP contribution in [-0.4, -0.2) is 51.3 Å². The van der Waals surface area contributed by atoms with Crippen LogP contribution in [0.1, 0.15) is 65.4 Å². The fourth-order valence-corrected chi connectivity index (χ4v) is 5.86. The minimum Gasteiger partial charge on any atom is -0.508 e. The van der Waals surface area contributed by atoms with Crippen molar-refractivity contribution in [3.05, 3.63) is 45.5 Å². The van der Waals surface area contributed by atoms with Crippen LogP contribution in [-0.2, 0) is 9.59 Å². The number of hydrogen-bond donors (Lipinski definition) is 3. The van der Waals surface area contributed by atoms with Crippen LogP contribution in [0.2, 0.25) is 5.02 Å². The topological polar surface area (TPSA) is 98.1 Å². The van der Waals surface area contributed by atoms with E-state index in [1.807, 2.05) is 33.8 Å². The summed E-state index contributed by atoms with van der Waals surface area (Å²) in [6.07, 6.45) is 4.13. The van der Waals surface area contributed by atoms with Gasteiger partial charge in [0.1, 0.15) is 5.75 Å². The molecule has 2 amide bonds. The molecule has 1 aliphatic carbocycles. The Bertz CT molecular complexity index is 1010. The molecule has 1 fully saturated rings. The number of amides is 2. The Hall–Kier alpha value is -2.15. The summed E-state index contributed by atoms with van der Waals surface area (Å²) in [5.74, 6) is -1.78. The molecule has 3 rings (SSSR count). The Balaban J connectivity index is 1.87. The van der Waals surface area contributed by atoms with Gasteiger partial charge in [-0.25, -0.2) is 0 Å². The van der Waals surface area contributed by atoms with Crippen molar-refractivity contribution in [2.45, 2.75) is 65.9 Å². The molecular formula is C28H38ClNO5. The first-order valence-electron chi connectivity index (χ1n) is 12.7. The molecule has 4 atom stereocenters. The zero-order valence-electron chi connectivity index (χ0n) is 21.1. The van der Waals surface area contributed by atoms with E-state index in [1.54, 1.807) is 12.1 Å². The van der Waals surface area contributed by atoms with Gasteiger partial charge in [-0.05, 0) is 67.4 Å². The zero-order chi connectivity index (χ0) is 25.9. The van der Waals surface area contributed by atoms with Crippen LogP contribution in [0.3, 0.4) is 0 Å². The average Bonchev–Trinajstić information content (AvgIpc) is 3.06. The van der Waals surface area contributed by atoms with Crippen molar-refractivity contribution in [2.75, 3.05) is 13.2 Å². The van der Waals surface area contributed by atoms with Gasteiger partial charge < -0.3 is 15.3 Å². The highest BCUT2D eigenvalue weighted by Crippen LogP contribution is 2.48. The summed E-state index contributed by atoms with van der Waals surface area (Å²) in [4.78, 5) is 27.6. The van der Waals surface area contributed by atoms with Gasteiger partial charge in [-0.2, -0.15) is 0 Å². The summed E-state index contributed by atoms with van der Waals surface area (Å²) in [7, 11) is 0. The predicted octanol–water partition coefficient (Wildman–Crippen LogP) is 4.96. The molecule has 192 valence electrons. The molecule has 1 heterocycles. The quantitative estimate of drug-likeness (QED) is 0.310. The molecule has 1 aliphatic heterocycles. The number of benzene rings is 1. The lowest BCUT2D eigenvalue weighted by atomic mass is 9.66. The lowest BCUT2D eigenvalue weighted by Gasteiger charge is -2.38. The van der Waals surface area contributed by atoms with E-state index in [0.29, 0.717) is 37.3 Å². The van der Waals surface area contributed by atoms with E-state index < -0.39 is 23.9 Å². The van der Waals surface area contributed by atoms with E-state index in [4.69, 9.17) is 11.6 Å². The molecule has 0 bridgehead atoms. The fourth-order valence-electron chi connectivity index (χ4n) is 5.64. The lowest BCUT2D eigenvalue weighted by molar-refractivity contribution is -0.140. The maximum absolute atomic E-state index is 13.2. The highest BCUT2D eigenvalue weighted by Gasteiger charge is 2.54. The van der Waals surface area contributed by atoms with E-state index >= 15 is 0 Å². The van der Waals surface area contributed by atoms with E-state index in [9.17, 15) is 24.9 Å². The van der Waals surface area contributed by atoms with Gasteiger partial charge >= 0.3 is 0 Å². The number of phenols is 1. The molecule has 0 spiro atoms. The number of fused-ring (bicyclic) bond motifs is 1. The minimum absolute atomic E-state index is 0.0924. The molecule has 6 nitrogen and oxygen atoms in total. The normalized spacial score (nSPS) is 23.9. The first kappa shape index (κ1) is 27.4. The minimum atomic E-state index is -0.820. The molecule has 1 saturated heterocycles. The van der Waals surface area contributed by atoms with Gasteiger partial charge in [0.05, 0.1) is 29.6 Å². The summed E-state index contributed by atoms with van der Waals surface area (Å²) in [6, 6.07) is 4.85. The molecule has 0 radical (unpaired) electrons. The molecule has 7 heteroatoms. The van der Waals surface area contributed by atoms with Crippen LogP contribution >= 0.6 is 11.6 Å². The van der Waals surface area contributed by atoms with Crippen molar-refractivity contribution in [3.8, 4) is 5.75 Å². The third kappa shape index (κ3) is 5.65. The number of allylic oxidation sites excluding steroid dienone is 2. The van der Waals surface area contributed by atoms with Gasteiger partial charge in [0, 0.05) is 12.5 Å². The monoisotopic (exact) mass is 503 g/mol. The standard InChI is InChI=1S/C28H38ClNO5/c1-5-11-30-27(34)21-14-20(16(3)4)25(22(15-31)26(21)28(30)35)24(33)10-7-17(6-2)12-18-8-9-19(32)13-23(18)29/h8-9,12-13,16,21-22,24,26,31-33H,5-7,10-11,14-15H2,1-4H3/b17-12+/t21-,22+,24-,26-/m1/s1. The first-order chi connectivity index (χ1) is 16.6. The molecule has 3 N–H and O–H groups in total. The average molecular weight is 504 g/mol. The highest BCUT2D eigenvalue weighted by atomic mass is 35.5. The maximum Gasteiger partial charge on any atom is 0.233 e. The molecule has 0 aromatic heterocycles. The number of nitrogens with zero attached hydrogens (tertiary/aromatic N) is 1. The summed E-state index contributed by atoms with van der Waals surface area (Å²) in [5.41, 5.74) is 3.62. The van der Waals surface area contributed by atoms with Crippen LogP contribution in [0.4, 0.5) is 0 Å². The number of aliphatic hydroxyl groups is 2. The van der Waals surface area contributed by atoms with Crippen molar-refractivity contribution in [1.82, 2.24) is 4.90 Å². The van der Waals surface area contributed by atoms with Crippen molar-refractivity contribution in [3.63, 3.8) is 0 Å². The Morgan fingerprint density at radius 3 is 2.51 bits per heavy atom. The number of hydrogen-bond acceptors (Lipinski definition) is 5. The zero-order valence-corrected chi connectivity index (χ0v) is 21.9. The van der Waals surface area contributed by atoms with Crippen LogP contribution in [0.15, 0.2) is 34.9 Å². The molecule has 35 heavy (non-hydrogen) atoms. The van der Waals surface area contributed by atoms with Crippen molar-refractivity contribution < 1.29 is 24.9 Å². The second kappa shape index (κ2) is 11.7. The SMILES string of the molecule is CCCN1C(=O)[C@@H]2[C@@H](CC(C(C)C)=C([C@H](O)CC/C(=C/c3ccc(O)cc3Cl)CC)[C@@H]2CO)C1=O. The fraction of sp³-hybridized carbons (Fsp3) is 0.571. The van der Waals surface area contributed by atoms with Gasteiger partial charge in [0.2, 0.25) is 11.8 Å². The van der Waals surface area contributed by atoms with Crippen molar-refractivity contribution in [2.24, 2.45) is 23.7 Å². The number of imide groups is 1. The van der Waals surface area contributed by atoms with E-state index in [-0.39, 0.29) is 30.1 Å². The molecule has 0 unspecified atom stereocenters. The largest absolute Gasteiger partial charge is 0.508 e. The summed E-state index contributed by atoms with van der Waals surface area (Å²) >= 11 is 6.27. The number of carbonyl (C=O) groups excluding carboxylic acids is 2. The molecular weight excluding hydrogens is 466 g/mol. The van der Waals surface area contributed by atoms with Crippen LogP contribution < -0.4 is 0 Å². The second-order valence-electron chi connectivity index (χ2n) is 10.0. The van der Waals surface area contributed by atoms with Crippen molar-refractivity contribution >= 4 is 29.5 Å². The summed E-state index contributed by atoms with van der Waals surface area (Å²) in [5, 5.41) is 31.8. The van der Waals surface area contributed by atoms with Crippen molar-refractivity contribution in [1.29, 1.82) is 0 Å². The summed E-state index contributed by atoms with van der Waals surface area (Å²) < 4.78 is 0. The first-order valence-corrected chi connectivity index (χ1v) is 13.1. The van der Waals surface area contributed by atoms with Crippen LogP contribution in [0.25, 0.3) is 6.08 Å². The van der Waals surface area contributed by atoms with Crippen LogP contribution in [0.5, 0.6) is 5.75 Å². The number of likely N-dealkylation sites (tertiary alicyclic amines) is 1. The maximum atomic E-state index is 13.2. The van der Waals surface area contributed by atoms with Gasteiger partial charge in [0.25, 0.3) is 0 Å². The lowest BCUT2D eigenvalue weighted by Crippen LogP contribution is -2.40. The van der Waals surface area contributed by atoms with Gasteiger partial charge in [0.15, 0.2) is 0 Å². The number of aromatic hydroxyl groups is 1. The van der Waals surface area contributed by atoms with Crippen LogP contribution in [0, 0.1) is 23.7 Å². The van der Waals surface area contributed by atoms with Gasteiger partial charge in [-0.1, -0.05) is 56.5 Å². The summed E-state index contributed by atoms with van der Waals surface area (Å²) in [6.45, 7) is 8.16. The Kier molecular flexibility index (Phi) is 9.19. The highest BCUT2D eigenvalue weighted by molar-refractivity contribution is 6.32. The molecule has 0 saturated carbocycles. The van der Waals surface area contributed by atoms with Gasteiger partial charge in [-0.3, -0.25) is 14.5 Å². The second-order valence-corrected chi connectivity index (χ2v) is 10.4. The molecule has 1 aromatic rings. The molecule has 2 aliphatic rings. The number of carbonyl (C=O) groups is 2. The third-order valence-corrected chi connectivity index (χ3v) is 7.78. The Labute approximate surface area is 213 Å². The molecule has 1 aromatic carbocycles. The smallest absolute Gasteiger partial charge is 0.233 e. The van der Waals surface area contributed by atoms with Gasteiger partial charge in [-0.15, -0.1) is 0 Å². The number of aliphatic hydroxyl groups excluding tert-OH is 2. The Morgan fingerprint density at radius 2 is 1.94 bits per heavy atom. The van der Waals surface area contributed by atoms with E-state index in [2.05, 4.69) is 0 Å². The number of rotatable bonds is 10.